The van der Waals surface area contributed by atoms with Gasteiger partial charge in [-0.05, 0) is 45.9 Å². The van der Waals surface area contributed by atoms with Crippen LogP contribution in [0.4, 0.5) is 0 Å². The summed E-state index contributed by atoms with van der Waals surface area (Å²) in [5.41, 5.74) is 2.89. The Hall–Kier alpha value is -4.63. The lowest BCUT2D eigenvalue weighted by Crippen LogP contribution is -2.20. The van der Waals surface area contributed by atoms with Gasteiger partial charge in [-0.15, -0.1) is 0 Å². The Bertz CT molecular complexity index is 1790. The molecule has 9 heteroatoms. The van der Waals surface area contributed by atoms with Gasteiger partial charge in [-0.3, -0.25) is 14.6 Å². The zero-order valence-corrected chi connectivity index (χ0v) is 22.9. The van der Waals surface area contributed by atoms with Crippen molar-refractivity contribution in [1.82, 2.24) is 24.5 Å². The topological polar surface area (TPSA) is 123 Å². The molecule has 4 aromatic heterocycles. The first-order chi connectivity index (χ1) is 19.1. The first-order valence-corrected chi connectivity index (χ1v) is 13.1. The van der Waals surface area contributed by atoms with Gasteiger partial charge in [0.1, 0.15) is 5.60 Å². The fourth-order valence-electron chi connectivity index (χ4n) is 4.38. The molecule has 0 saturated carbocycles. The number of aromatic nitrogens is 5. The molecule has 2 N–H and O–H groups in total. The van der Waals surface area contributed by atoms with Crippen molar-refractivity contribution >= 4 is 11.2 Å². The number of aliphatic hydroxyl groups is 1. The van der Waals surface area contributed by atoms with E-state index < -0.39 is 5.60 Å². The highest BCUT2D eigenvalue weighted by atomic mass is 16.5. The smallest absolute Gasteiger partial charge is 0.250 e. The second-order valence-electron chi connectivity index (χ2n) is 10.4. The first kappa shape index (κ1) is 27.0. The van der Waals surface area contributed by atoms with Crippen LogP contribution >= 0.6 is 0 Å². The zero-order chi connectivity index (χ0) is 28.4. The lowest BCUT2D eigenvalue weighted by Gasteiger charge is -2.17. The van der Waals surface area contributed by atoms with E-state index in [1.807, 2.05) is 56.3 Å². The zero-order valence-electron chi connectivity index (χ0n) is 22.9. The molecule has 5 rings (SSSR count). The molecule has 1 aromatic carbocycles. The van der Waals surface area contributed by atoms with Crippen LogP contribution in [0.2, 0.25) is 0 Å². The van der Waals surface area contributed by atoms with Crippen molar-refractivity contribution in [3.05, 3.63) is 105 Å². The van der Waals surface area contributed by atoms with E-state index in [1.165, 1.54) is 12.1 Å². The third-order valence-corrected chi connectivity index (χ3v) is 6.50. The molecule has 40 heavy (non-hydrogen) atoms. The van der Waals surface area contributed by atoms with Crippen LogP contribution in [-0.4, -0.2) is 36.2 Å². The normalized spacial score (nSPS) is 11.8. The highest BCUT2D eigenvalue weighted by Gasteiger charge is 2.19. The number of rotatable bonds is 8. The number of nitrogens with zero attached hydrogens (tertiary/aromatic N) is 4. The third kappa shape index (κ3) is 5.69. The monoisotopic (exact) mass is 537 g/mol. The van der Waals surface area contributed by atoms with Gasteiger partial charge >= 0.3 is 0 Å². The van der Waals surface area contributed by atoms with Gasteiger partial charge < -0.3 is 19.4 Å². The fourth-order valence-corrected chi connectivity index (χ4v) is 4.38. The maximum absolute atomic E-state index is 13.2. The van der Waals surface area contributed by atoms with Crippen LogP contribution in [0, 0.1) is 0 Å². The summed E-state index contributed by atoms with van der Waals surface area (Å²) in [5.74, 6) is 0.269. The molecule has 204 valence electrons. The molecule has 0 fully saturated rings. The van der Waals surface area contributed by atoms with Crippen LogP contribution in [-0.2, 0) is 12.0 Å². The molecule has 0 saturated heterocycles. The van der Waals surface area contributed by atoms with Crippen LogP contribution in [0.15, 0.2) is 82.5 Å². The average molecular weight is 538 g/mol. The first-order valence-electron chi connectivity index (χ1n) is 13.1. The predicted molar refractivity (Wildman–Crippen MR) is 154 cm³/mol. The van der Waals surface area contributed by atoms with Crippen molar-refractivity contribution in [2.75, 3.05) is 6.61 Å². The molecule has 9 nitrogen and oxygen atoms in total. The number of benzene rings is 1. The van der Waals surface area contributed by atoms with Gasteiger partial charge in [0.05, 0.1) is 23.7 Å². The van der Waals surface area contributed by atoms with Crippen molar-refractivity contribution in [1.29, 1.82) is 0 Å². The van der Waals surface area contributed by atoms with Crippen molar-refractivity contribution in [2.24, 2.45) is 0 Å². The molecular weight excluding hydrogens is 506 g/mol. The van der Waals surface area contributed by atoms with Gasteiger partial charge in [0, 0.05) is 47.6 Å². The minimum absolute atomic E-state index is 0.0445. The lowest BCUT2D eigenvalue weighted by molar-refractivity contribution is 0.0736. The number of pyridine rings is 3. The minimum Gasteiger partial charge on any atom is -0.478 e. The summed E-state index contributed by atoms with van der Waals surface area (Å²) < 4.78 is 7.50. The maximum atomic E-state index is 13.2. The molecule has 0 atom stereocenters. The fraction of sp³-hybridized carbons (Fsp3) is 0.258. The molecule has 4 heterocycles. The largest absolute Gasteiger partial charge is 0.478 e. The number of nitrogens with one attached hydrogen (secondary N) is 1. The third-order valence-electron chi connectivity index (χ3n) is 6.50. The van der Waals surface area contributed by atoms with Gasteiger partial charge in [0.2, 0.25) is 5.43 Å². The van der Waals surface area contributed by atoms with Gasteiger partial charge in [0.25, 0.3) is 5.56 Å². The summed E-state index contributed by atoms with van der Waals surface area (Å²) in [4.78, 5) is 42.7. The highest BCUT2D eigenvalue weighted by Crippen LogP contribution is 2.30. The van der Waals surface area contributed by atoms with Gasteiger partial charge in [-0.25, -0.2) is 9.97 Å². The predicted octanol–water partition coefficient (Wildman–Crippen LogP) is 4.64. The Morgan fingerprint density at radius 3 is 2.40 bits per heavy atom. The Kier molecular flexibility index (Phi) is 7.32. The molecule has 0 aliphatic heterocycles. The number of H-pyrrole nitrogens is 1. The number of hydrogen-bond acceptors (Lipinski definition) is 7. The number of aromatic amines is 1. The number of ether oxygens (including phenoxy) is 1. The van der Waals surface area contributed by atoms with Crippen LogP contribution in [0.1, 0.15) is 45.1 Å². The summed E-state index contributed by atoms with van der Waals surface area (Å²) in [6, 6.07) is 19.6. The van der Waals surface area contributed by atoms with E-state index >= 15 is 0 Å². The maximum Gasteiger partial charge on any atom is 0.250 e. The standard InChI is InChI=1S/C31H31N5O4/c1-19(2)36-18-21(13-14-26(36)38)28-27(20-9-6-5-7-10-20)35-30-29(34-28)23(37)17-25(33-30)40-16-15-22-11-8-12-24(32-22)31(3,4)39/h5-14,17-19,39H,15-16H2,1-4H3,(H,33,35,37). The van der Waals surface area contributed by atoms with Gasteiger partial charge in [0.15, 0.2) is 17.0 Å². The summed E-state index contributed by atoms with van der Waals surface area (Å²) in [7, 11) is 0. The Labute approximate surface area is 231 Å². The van der Waals surface area contributed by atoms with Crippen molar-refractivity contribution in [3.8, 4) is 28.4 Å². The molecular formula is C31H31N5O4. The summed E-state index contributed by atoms with van der Waals surface area (Å²) in [5, 5.41) is 10.2. The average Bonchev–Trinajstić information content (AvgIpc) is 2.93. The molecule has 0 unspecified atom stereocenters. The summed E-state index contributed by atoms with van der Waals surface area (Å²) in [6.07, 6.45) is 2.23. The van der Waals surface area contributed by atoms with Crippen LogP contribution in [0.25, 0.3) is 33.7 Å². The van der Waals surface area contributed by atoms with E-state index in [9.17, 15) is 14.7 Å². The van der Waals surface area contributed by atoms with E-state index in [2.05, 4.69) is 9.97 Å². The second kappa shape index (κ2) is 10.9. The van der Waals surface area contributed by atoms with E-state index in [-0.39, 0.29) is 35.0 Å². The van der Waals surface area contributed by atoms with E-state index in [4.69, 9.17) is 14.7 Å². The number of hydrogen-bond donors (Lipinski definition) is 2. The lowest BCUT2D eigenvalue weighted by atomic mass is 10.0. The Morgan fingerprint density at radius 2 is 1.68 bits per heavy atom. The van der Waals surface area contributed by atoms with Crippen molar-refractivity contribution in [2.45, 2.75) is 45.8 Å². The van der Waals surface area contributed by atoms with E-state index in [1.54, 1.807) is 36.7 Å². The molecule has 5 aromatic rings. The SMILES string of the molecule is CC(C)n1cc(-c2nc3c(=O)cc(OCCc4cccc(C(C)(C)O)n4)[nH]c3nc2-c2ccccc2)ccc1=O. The highest BCUT2D eigenvalue weighted by molar-refractivity contribution is 5.84. The molecule has 0 bridgehead atoms. The molecule has 0 spiro atoms. The number of fused-ring (bicyclic) bond motifs is 1. The molecule has 0 radical (unpaired) electrons. The van der Waals surface area contributed by atoms with Crippen LogP contribution in [0.5, 0.6) is 5.88 Å². The van der Waals surface area contributed by atoms with Crippen molar-refractivity contribution < 1.29 is 9.84 Å². The molecule has 0 aliphatic rings. The molecule has 0 amide bonds. The summed E-state index contributed by atoms with van der Waals surface area (Å²) in [6.45, 7) is 7.50. The van der Waals surface area contributed by atoms with Crippen LogP contribution < -0.4 is 15.7 Å². The summed E-state index contributed by atoms with van der Waals surface area (Å²) >= 11 is 0. The minimum atomic E-state index is -1.04. The van der Waals surface area contributed by atoms with E-state index in [0.717, 1.165) is 11.3 Å². The quantitative estimate of drug-likeness (QED) is 0.296. The Morgan fingerprint density at radius 1 is 0.925 bits per heavy atom. The van der Waals surface area contributed by atoms with Gasteiger partial charge in [-0.1, -0.05) is 36.4 Å². The molecule has 0 aliphatic carbocycles. The van der Waals surface area contributed by atoms with Crippen LogP contribution in [0.3, 0.4) is 0 Å². The second-order valence-corrected chi connectivity index (χ2v) is 10.4. The van der Waals surface area contributed by atoms with Crippen molar-refractivity contribution in [3.63, 3.8) is 0 Å². The van der Waals surface area contributed by atoms with E-state index in [0.29, 0.717) is 34.7 Å². The Balaban J connectivity index is 1.52. The van der Waals surface area contributed by atoms with Gasteiger partial charge in [-0.2, -0.15) is 0 Å².